The van der Waals surface area contributed by atoms with Gasteiger partial charge in [-0.25, -0.2) is 0 Å². The highest BCUT2D eigenvalue weighted by Crippen LogP contribution is 2.25. The molecule has 0 bridgehead atoms. The molecule has 0 aliphatic rings. The molecule has 1 N–H and O–H groups in total. The number of anilines is 1. The maximum Gasteiger partial charge on any atom is 0.0613 e. The second kappa shape index (κ2) is 6.17. The van der Waals surface area contributed by atoms with Gasteiger partial charge in [0.2, 0.25) is 0 Å². The molecule has 4 heteroatoms. The fourth-order valence-corrected chi connectivity index (χ4v) is 2.40. The lowest BCUT2D eigenvalue weighted by Crippen LogP contribution is -1.91. The molecule has 3 rings (SSSR count). The summed E-state index contributed by atoms with van der Waals surface area (Å²) in [7, 11) is 0. The molecule has 3 aromatic rings. The minimum atomic E-state index is 0.502. The summed E-state index contributed by atoms with van der Waals surface area (Å²) in [6.45, 7) is 0. The van der Waals surface area contributed by atoms with Crippen LogP contribution in [0.3, 0.4) is 0 Å². The van der Waals surface area contributed by atoms with Crippen molar-refractivity contribution in [1.29, 1.82) is 0 Å². The molecular weight excluding hydrogens is 303 g/mol. The van der Waals surface area contributed by atoms with Crippen LogP contribution < -0.4 is 5.43 Å². The summed E-state index contributed by atoms with van der Waals surface area (Å²) in [5.74, 6) is 0. The van der Waals surface area contributed by atoms with E-state index < -0.39 is 0 Å². The van der Waals surface area contributed by atoms with Crippen LogP contribution in [0.15, 0.2) is 65.8 Å². The lowest BCUT2D eigenvalue weighted by atomic mass is 10.1. The van der Waals surface area contributed by atoms with Gasteiger partial charge in [-0.2, -0.15) is 5.10 Å². The predicted octanol–water partition coefficient (Wildman–Crippen LogP) is 5.59. The predicted molar refractivity (Wildman–Crippen MR) is 91.6 cm³/mol. The van der Waals surface area contributed by atoms with Crippen molar-refractivity contribution in [3.05, 3.63) is 76.3 Å². The van der Waals surface area contributed by atoms with Gasteiger partial charge in [-0.05, 0) is 29.0 Å². The topological polar surface area (TPSA) is 24.4 Å². The van der Waals surface area contributed by atoms with E-state index in [0.29, 0.717) is 10.0 Å². The van der Waals surface area contributed by atoms with Gasteiger partial charge < -0.3 is 0 Å². The molecule has 0 aromatic heterocycles. The summed E-state index contributed by atoms with van der Waals surface area (Å²) >= 11 is 11.8. The van der Waals surface area contributed by atoms with E-state index in [1.807, 2.05) is 30.3 Å². The Balaban J connectivity index is 1.83. The Morgan fingerprint density at radius 3 is 2.52 bits per heavy atom. The van der Waals surface area contributed by atoms with Crippen LogP contribution in [-0.2, 0) is 0 Å². The molecule has 2 nitrogen and oxygen atoms in total. The zero-order valence-electron chi connectivity index (χ0n) is 11.1. The normalized spacial score (nSPS) is 11.1. The van der Waals surface area contributed by atoms with E-state index in [0.717, 1.165) is 11.3 Å². The van der Waals surface area contributed by atoms with E-state index in [4.69, 9.17) is 23.2 Å². The average Bonchev–Trinajstić information content (AvgIpc) is 2.51. The lowest BCUT2D eigenvalue weighted by Gasteiger charge is -2.03. The summed E-state index contributed by atoms with van der Waals surface area (Å²) < 4.78 is 0. The molecule has 0 fully saturated rings. The molecule has 0 saturated heterocycles. The van der Waals surface area contributed by atoms with Crippen LogP contribution in [0.1, 0.15) is 5.56 Å². The van der Waals surface area contributed by atoms with E-state index in [1.165, 1.54) is 10.8 Å². The van der Waals surface area contributed by atoms with Crippen molar-refractivity contribution in [3.63, 3.8) is 0 Å². The Morgan fingerprint density at radius 1 is 0.857 bits per heavy atom. The molecule has 0 heterocycles. The van der Waals surface area contributed by atoms with Crippen molar-refractivity contribution in [1.82, 2.24) is 0 Å². The van der Waals surface area contributed by atoms with Crippen LogP contribution >= 0.6 is 23.2 Å². The molecule has 104 valence electrons. The van der Waals surface area contributed by atoms with Gasteiger partial charge in [0.1, 0.15) is 0 Å². The summed E-state index contributed by atoms with van der Waals surface area (Å²) in [6, 6.07) is 19.6. The van der Waals surface area contributed by atoms with Gasteiger partial charge in [0.05, 0.1) is 21.9 Å². The molecule has 21 heavy (non-hydrogen) atoms. The van der Waals surface area contributed by atoms with E-state index in [9.17, 15) is 0 Å². The maximum absolute atomic E-state index is 5.96. The van der Waals surface area contributed by atoms with Crippen LogP contribution in [-0.4, -0.2) is 6.21 Å². The van der Waals surface area contributed by atoms with E-state index in [2.05, 4.69) is 28.7 Å². The first-order valence-electron chi connectivity index (χ1n) is 6.46. The van der Waals surface area contributed by atoms with Crippen molar-refractivity contribution in [3.8, 4) is 0 Å². The minimum Gasteiger partial charge on any atom is -0.278 e. The molecule has 0 amide bonds. The largest absolute Gasteiger partial charge is 0.278 e. The van der Waals surface area contributed by atoms with Gasteiger partial charge >= 0.3 is 0 Å². The zero-order valence-corrected chi connectivity index (χ0v) is 12.6. The molecule has 0 spiro atoms. The molecule has 0 atom stereocenters. The Bertz CT molecular complexity index is 807. The number of hydrogen-bond acceptors (Lipinski definition) is 2. The zero-order chi connectivity index (χ0) is 14.7. The van der Waals surface area contributed by atoms with Gasteiger partial charge in [-0.15, -0.1) is 0 Å². The number of fused-ring (bicyclic) bond motifs is 1. The number of nitrogens with one attached hydrogen (secondary N) is 1. The van der Waals surface area contributed by atoms with Crippen molar-refractivity contribution < 1.29 is 0 Å². The molecule has 0 aliphatic heterocycles. The number of benzene rings is 3. The highest BCUT2D eigenvalue weighted by atomic mass is 35.5. The second-order valence-corrected chi connectivity index (χ2v) is 5.38. The van der Waals surface area contributed by atoms with Crippen molar-refractivity contribution in [2.75, 3.05) is 5.43 Å². The standard InChI is InChI=1S/C17H12Cl2N2/c18-16-9-8-14(10-17(16)19)21-20-11-13-6-3-5-12-4-1-2-7-15(12)13/h1-11,21H. The van der Waals surface area contributed by atoms with Gasteiger partial charge in [0.15, 0.2) is 0 Å². The molecule has 3 aromatic carbocycles. The third kappa shape index (κ3) is 3.18. The number of rotatable bonds is 3. The van der Waals surface area contributed by atoms with Crippen molar-refractivity contribution in [2.45, 2.75) is 0 Å². The van der Waals surface area contributed by atoms with Crippen LogP contribution in [0.2, 0.25) is 10.0 Å². The average molecular weight is 315 g/mol. The van der Waals surface area contributed by atoms with E-state index >= 15 is 0 Å². The van der Waals surface area contributed by atoms with E-state index in [-0.39, 0.29) is 0 Å². The van der Waals surface area contributed by atoms with Crippen molar-refractivity contribution >= 4 is 45.9 Å². The highest BCUT2D eigenvalue weighted by molar-refractivity contribution is 6.42. The van der Waals surface area contributed by atoms with Crippen LogP contribution in [0, 0.1) is 0 Å². The van der Waals surface area contributed by atoms with Crippen LogP contribution in [0.4, 0.5) is 5.69 Å². The van der Waals surface area contributed by atoms with E-state index in [1.54, 1.807) is 18.3 Å². The molecular formula is C17H12Cl2N2. The Morgan fingerprint density at radius 2 is 1.67 bits per heavy atom. The quantitative estimate of drug-likeness (QED) is 0.494. The fourth-order valence-electron chi connectivity index (χ4n) is 2.11. The van der Waals surface area contributed by atoms with Gasteiger partial charge in [-0.3, -0.25) is 5.43 Å². The number of hydrazone groups is 1. The third-order valence-electron chi connectivity index (χ3n) is 3.14. The van der Waals surface area contributed by atoms with Gasteiger partial charge in [-0.1, -0.05) is 65.7 Å². The Labute approximate surface area is 133 Å². The number of hydrogen-bond donors (Lipinski definition) is 1. The number of nitrogens with zero attached hydrogens (tertiary/aromatic N) is 1. The monoisotopic (exact) mass is 314 g/mol. The van der Waals surface area contributed by atoms with Gasteiger partial charge in [0, 0.05) is 5.56 Å². The minimum absolute atomic E-state index is 0.502. The van der Waals surface area contributed by atoms with Gasteiger partial charge in [0.25, 0.3) is 0 Å². The van der Waals surface area contributed by atoms with Crippen LogP contribution in [0.5, 0.6) is 0 Å². The lowest BCUT2D eigenvalue weighted by molar-refractivity contribution is 1.35. The smallest absolute Gasteiger partial charge is 0.0613 e. The molecule has 0 radical (unpaired) electrons. The molecule has 0 saturated carbocycles. The highest BCUT2D eigenvalue weighted by Gasteiger charge is 1.99. The molecule has 0 aliphatic carbocycles. The first-order chi connectivity index (χ1) is 10.2. The maximum atomic E-state index is 5.96. The summed E-state index contributed by atoms with van der Waals surface area (Å²) in [4.78, 5) is 0. The van der Waals surface area contributed by atoms with Crippen molar-refractivity contribution in [2.24, 2.45) is 5.10 Å². The first kappa shape index (κ1) is 13.9. The summed E-state index contributed by atoms with van der Waals surface area (Å²) in [5, 5.41) is 7.64. The Kier molecular flexibility index (Phi) is 4.09. The summed E-state index contributed by atoms with van der Waals surface area (Å²) in [5.41, 5.74) is 4.80. The summed E-state index contributed by atoms with van der Waals surface area (Å²) in [6.07, 6.45) is 1.80. The molecule has 0 unspecified atom stereocenters. The van der Waals surface area contributed by atoms with Crippen LogP contribution in [0.25, 0.3) is 10.8 Å². The first-order valence-corrected chi connectivity index (χ1v) is 7.21. The fraction of sp³-hybridized carbons (Fsp3) is 0. The second-order valence-electron chi connectivity index (χ2n) is 4.57. The Hall–Kier alpha value is -2.03. The third-order valence-corrected chi connectivity index (χ3v) is 3.88. The number of halogens is 2. The SMILES string of the molecule is Clc1ccc(NN=Cc2cccc3ccccc23)cc1Cl.